The fourth-order valence-electron chi connectivity index (χ4n) is 3.95. The van der Waals surface area contributed by atoms with Crippen LogP contribution in [0.15, 0.2) is 47.5 Å². The van der Waals surface area contributed by atoms with Crippen molar-refractivity contribution in [3.05, 3.63) is 59.8 Å². The van der Waals surface area contributed by atoms with Crippen LogP contribution in [0, 0.1) is 11.6 Å². The maximum atomic E-state index is 14.0. The van der Waals surface area contributed by atoms with Crippen molar-refractivity contribution in [2.75, 3.05) is 20.1 Å². The van der Waals surface area contributed by atoms with E-state index in [2.05, 4.69) is 18.1 Å². The molecule has 4 rings (SSSR count). The molecular formula is C23H24F2N2O7S. The lowest BCUT2D eigenvalue weighted by Gasteiger charge is -2.28. The van der Waals surface area contributed by atoms with E-state index in [1.54, 1.807) is 12.1 Å². The van der Waals surface area contributed by atoms with Crippen LogP contribution in [0.1, 0.15) is 24.3 Å². The first kappa shape index (κ1) is 26.1. The van der Waals surface area contributed by atoms with Crippen LogP contribution >= 0.6 is 0 Å². The predicted octanol–water partition coefficient (Wildman–Crippen LogP) is 3.19. The molecule has 3 aromatic rings. The predicted molar refractivity (Wildman–Crippen MR) is 122 cm³/mol. The zero-order valence-corrected chi connectivity index (χ0v) is 19.8. The highest BCUT2D eigenvalue weighted by Crippen LogP contribution is 2.36. The minimum atomic E-state index is -4.50. The average Bonchev–Trinajstić information content (AvgIpc) is 3.12. The number of halogens is 2. The summed E-state index contributed by atoms with van der Waals surface area (Å²) in [5.74, 6) is -5.88. The number of fused-ring (bicyclic) bond motifs is 1. The molecule has 0 radical (unpaired) electrons. The first-order valence-electron chi connectivity index (χ1n) is 10.5. The molecule has 0 amide bonds. The largest absolute Gasteiger partial charge is 0.473 e. The van der Waals surface area contributed by atoms with Crippen molar-refractivity contribution in [1.29, 1.82) is 0 Å². The number of benzene rings is 2. The van der Waals surface area contributed by atoms with Crippen molar-refractivity contribution in [2.45, 2.75) is 23.7 Å². The lowest BCUT2D eigenvalue weighted by atomic mass is 9.89. The van der Waals surface area contributed by atoms with Gasteiger partial charge >= 0.3 is 22.1 Å². The van der Waals surface area contributed by atoms with Crippen LogP contribution in [0.2, 0.25) is 0 Å². The molecule has 0 atom stereocenters. The molecule has 2 N–H and O–H groups in total. The number of aliphatic carboxylic acids is 2. The Labute approximate surface area is 200 Å². The second-order valence-electron chi connectivity index (χ2n) is 8.15. The van der Waals surface area contributed by atoms with Crippen LogP contribution in [0.4, 0.5) is 8.78 Å². The third-order valence-corrected chi connectivity index (χ3v) is 6.99. The second kappa shape index (κ2) is 10.4. The second-order valence-corrected chi connectivity index (χ2v) is 9.67. The molecule has 0 saturated carbocycles. The molecule has 12 heteroatoms. The van der Waals surface area contributed by atoms with E-state index < -0.39 is 38.6 Å². The van der Waals surface area contributed by atoms with Gasteiger partial charge in [0.1, 0.15) is 10.6 Å². The van der Waals surface area contributed by atoms with Crippen LogP contribution in [0.25, 0.3) is 10.9 Å². The number of aromatic nitrogens is 1. The SMILES string of the molecule is CN1CCC(c2cn(C)c3ccc(OS(=O)(=O)c4cccc(F)c4F)cc23)CC1.O=C(O)C(=O)O. The number of likely N-dealkylation sites (tertiary alicyclic amines) is 1. The number of aryl methyl sites for hydroxylation is 1. The highest BCUT2D eigenvalue weighted by Gasteiger charge is 2.25. The molecule has 0 spiro atoms. The third-order valence-electron chi connectivity index (χ3n) is 5.72. The van der Waals surface area contributed by atoms with Gasteiger partial charge in [-0.3, -0.25) is 0 Å². The monoisotopic (exact) mass is 510 g/mol. The summed E-state index contributed by atoms with van der Waals surface area (Å²) in [4.78, 5) is 19.7. The smallest absolute Gasteiger partial charge is 0.414 e. The van der Waals surface area contributed by atoms with Gasteiger partial charge in [-0.2, -0.15) is 8.42 Å². The first-order chi connectivity index (χ1) is 16.4. The average molecular weight is 511 g/mol. The maximum Gasteiger partial charge on any atom is 0.414 e. The first-order valence-corrected chi connectivity index (χ1v) is 11.9. The summed E-state index contributed by atoms with van der Waals surface area (Å²) in [5, 5.41) is 15.7. The van der Waals surface area contributed by atoms with E-state index in [4.69, 9.17) is 24.0 Å². The lowest BCUT2D eigenvalue weighted by Crippen LogP contribution is -2.29. The van der Waals surface area contributed by atoms with Gasteiger partial charge in [0.15, 0.2) is 11.6 Å². The molecule has 188 valence electrons. The van der Waals surface area contributed by atoms with Crippen molar-refractivity contribution >= 4 is 33.0 Å². The molecule has 0 unspecified atom stereocenters. The van der Waals surface area contributed by atoms with Gasteiger partial charge in [-0.25, -0.2) is 18.4 Å². The number of rotatable bonds is 4. The summed E-state index contributed by atoms with van der Waals surface area (Å²) in [6.45, 7) is 2.01. The van der Waals surface area contributed by atoms with Gasteiger partial charge in [0.2, 0.25) is 0 Å². The Morgan fingerprint density at radius 3 is 2.26 bits per heavy atom. The van der Waals surface area contributed by atoms with Crippen LogP contribution in [0.3, 0.4) is 0 Å². The van der Waals surface area contributed by atoms with E-state index in [0.29, 0.717) is 5.92 Å². The van der Waals surface area contributed by atoms with Gasteiger partial charge in [-0.05, 0) is 74.8 Å². The van der Waals surface area contributed by atoms with E-state index in [1.165, 1.54) is 6.07 Å². The van der Waals surface area contributed by atoms with E-state index in [0.717, 1.165) is 60.6 Å². The highest BCUT2D eigenvalue weighted by atomic mass is 32.2. The fourth-order valence-corrected chi connectivity index (χ4v) is 4.96. The van der Waals surface area contributed by atoms with Crippen molar-refractivity contribution in [3.63, 3.8) is 0 Å². The molecule has 1 aromatic heterocycles. The number of carboxylic acid groups (broad SMARTS) is 2. The van der Waals surface area contributed by atoms with Crippen molar-refractivity contribution in [1.82, 2.24) is 9.47 Å². The number of nitrogens with zero attached hydrogens (tertiary/aromatic N) is 2. The molecule has 1 aliphatic heterocycles. The quantitative estimate of drug-likeness (QED) is 0.405. The van der Waals surface area contributed by atoms with Crippen LogP contribution in [-0.4, -0.2) is 60.2 Å². The number of hydrogen-bond donors (Lipinski definition) is 2. The fraction of sp³-hybridized carbons (Fsp3) is 0.304. The zero-order chi connectivity index (χ0) is 25.9. The van der Waals surface area contributed by atoms with E-state index in [-0.39, 0.29) is 5.75 Å². The molecule has 1 saturated heterocycles. The topological polar surface area (TPSA) is 126 Å². The molecular weight excluding hydrogens is 486 g/mol. The number of carbonyl (C=O) groups is 2. The van der Waals surface area contributed by atoms with Gasteiger partial charge in [0.05, 0.1) is 0 Å². The van der Waals surface area contributed by atoms with Crippen LogP contribution in [-0.2, 0) is 26.8 Å². The Kier molecular flexibility index (Phi) is 7.76. The third kappa shape index (κ3) is 5.95. The standard InChI is InChI=1S/C21H22F2N2O3S.C2H2O4/c1-24-10-8-14(9-11-24)17-13-25(2)19-7-6-15(12-16(17)19)28-29(26,27)20-5-3-4-18(22)21(20)23;3-1(4)2(5)6/h3-7,12-14H,8-11H2,1-2H3;(H,3,4)(H,5,6). The molecule has 35 heavy (non-hydrogen) atoms. The minimum Gasteiger partial charge on any atom is -0.473 e. The summed E-state index contributed by atoms with van der Waals surface area (Å²) in [5.41, 5.74) is 2.11. The van der Waals surface area contributed by atoms with E-state index in [1.807, 2.05) is 11.6 Å². The zero-order valence-electron chi connectivity index (χ0n) is 18.9. The number of carboxylic acids is 2. The highest BCUT2D eigenvalue weighted by molar-refractivity contribution is 7.87. The molecule has 1 aliphatic rings. The summed E-state index contributed by atoms with van der Waals surface area (Å²) in [6, 6.07) is 7.94. The maximum absolute atomic E-state index is 14.0. The van der Waals surface area contributed by atoms with Gasteiger partial charge < -0.3 is 23.9 Å². The van der Waals surface area contributed by atoms with Gasteiger partial charge in [0, 0.05) is 24.1 Å². The normalized spacial score (nSPS) is 14.9. The summed E-state index contributed by atoms with van der Waals surface area (Å²) in [6.07, 6.45) is 4.12. The van der Waals surface area contributed by atoms with Crippen LogP contribution < -0.4 is 4.18 Å². The Morgan fingerprint density at radius 1 is 1.03 bits per heavy atom. The Hall–Kier alpha value is -3.51. The van der Waals surface area contributed by atoms with Crippen molar-refractivity contribution < 1.29 is 41.2 Å². The van der Waals surface area contributed by atoms with Gasteiger partial charge in [-0.1, -0.05) is 6.07 Å². The Balaban J connectivity index is 0.000000509. The minimum absolute atomic E-state index is 0.0709. The van der Waals surface area contributed by atoms with E-state index in [9.17, 15) is 17.2 Å². The molecule has 0 bridgehead atoms. The van der Waals surface area contributed by atoms with Crippen LogP contribution in [0.5, 0.6) is 5.75 Å². The summed E-state index contributed by atoms with van der Waals surface area (Å²) in [7, 11) is -0.458. The Bertz CT molecular complexity index is 1350. The van der Waals surface area contributed by atoms with E-state index >= 15 is 0 Å². The molecule has 2 heterocycles. The molecule has 1 fully saturated rings. The Morgan fingerprint density at radius 2 is 1.66 bits per heavy atom. The lowest BCUT2D eigenvalue weighted by molar-refractivity contribution is -0.159. The number of hydrogen-bond acceptors (Lipinski definition) is 6. The summed E-state index contributed by atoms with van der Waals surface area (Å²) >= 11 is 0. The molecule has 2 aromatic carbocycles. The summed E-state index contributed by atoms with van der Waals surface area (Å²) < 4.78 is 59.6. The van der Waals surface area contributed by atoms with Gasteiger partial charge in [0.25, 0.3) is 0 Å². The van der Waals surface area contributed by atoms with Crippen molar-refractivity contribution in [2.24, 2.45) is 7.05 Å². The van der Waals surface area contributed by atoms with Crippen molar-refractivity contribution in [3.8, 4) is 5.75 Å². The van der Waals surface area contributed by atoms with Gasteiger partial charge in [-0.15, -0.1) is 0 Å². The molecule has 0 aliphatic carbocycles. The number of piperidine rings is 1. The molecule has 9 nitrogen and oxygen atoms in total.